The Morgan fingerprint density at radius 1 is 1.48 bits per heavy atom. The molecule has 0 aliphatic carbocycles. The number of hydrogen-bond donors (Lipinski definition) is 0. The second-order valence-electron chi connectivity index (χ2n) is 6.16. The zero-order valence-corrected chi connectivity index (χ0v) is 13.5. The van der Waals surface area contributed by atoms with Crippen LogP contribution in [0.25, 0.3) is 0 Å². The van der Waals surface area contributed by atoms with E-state index in [0.29, 0.717) is 18.7 Å². The van der Waals surface area contributed by atoms with Gasteiger partial charge in [0, 0.05) is 39.9 Å². The summed E-state index contributed by atoms with van der Waals surface area (Å²) in [7, 11) is 3.56. The third kappa shape index (κ3) is 3.28. The molecular weight excluding hydrogens is 294 g/mol. The second-order valence-corrected chi connectivity index (χ2v) is 6.16. The number of ether oxygens (including phenoxy) is 1. The summed E-state index contributed by atoms with van der Waals surface area (Å²) < 4.78 is 5.88. The van der Waals surface area contributed by atoms with Crippen LogP contribution in [0.1, 0.15) is 5.56 Å². The van der Waals surface area contributed by atoms with Crippen molar-refractivity contribution in [3.8, 4) is 6.07 Å². The minimum absolute atomic E-state index is 0.0937. The van der Waals surface area contributed by atoms with Crippen molar-refractivity contribution in [2.75, 3.05) is 51.8 Å². The molecule has 2 saturated heterocycles. The maximum absolute atomic E-state index is 12.0. The number of carbonyl (C=O) groups excluding carboxylic acids is 1. The summed E-state index contributed by atoms with van der Waals surface area (Å²) in [5.74, 6) is 0.960. The molecule has 23 heavy (non-hydrogen) atoms. The lowest BCUT2D eigenvalue weighted by molar-refractivity contribution is -0.133. The van der Waals surface area contributed by atoms with E-state index >= 15 is 0 Å². The molecule has 1 amide bonds. The number of nitrogens with zero attached hydrogens (tertiary/aromatic N) is 5. The number of aromatic nitrogens is 1. The van der Waals surface area contributed by atoms with Crippen molar-refractivity contribution in [1.82, 2.24) is 14.8 Å². The first kappa shape index (κ1) is 15.7. The molecule has 0 radical (unpaired) electrons. The highest BCUT2D eigenvalue weighted by Crippen LogP contribution is 2.26. The largest absolute Gasteiger partial charge is 0.373 e. The Hall–Kier alpha value is -2.17. The summed E-state index contributed by atoms with van der Waals surface area (Å²) in [6.07, 6.45) is 1.68. The standard InChI is InChI=1S/C16H21N5O2/c1-19(2)16(22)11-20-5-6-23-14-10-21(9-13(14)20)15-4-3-12(7-17)8-18-15/h3-4,8,13-14H,5-6,9-11H2,1-2H3/t13-,14+/m1/s1. The van der Waals surface area contributed by atoms with Crippen molar-refractivity contribution >= 4 is 11.7 Å². The number of likely N-dealkylation sites (N-methyl/N-ethyl adjacent to an activating group) is 1. The Bertz CT molecular complexity index is 610. The highest BCUT2D eigenvalue weighted by Gasteiger charge is 2.41. The molecule has 0 aromatic carbocycles. The molecule has 0 bridgehead atoms. The smallest absolute Gasteiger partial charge is 0.236 e. The zero-order chi connectivity index (χ0) is 16.4. The summed E-state index contributed by atoms with van der Waals surface area (Å²) in [5, 5.41) is 8.86. The zero-order valence-electron chi connectivity index (χ0n) is 13.5. The number of nitriles is 1. The SMILES string of the molecule is CN(C)C(=O)CN1CCO[C@H]2CN(c3ccc(C#N)cn3)C[C@H]21. The van der Waals surface area contributed by atoms with E-state index in [1.807, 2.05) is 6.07 Å². The Kier molecular flexibility index (Phi) is 4.46. The number of carbonyl (C=O) groups is 1. The van der Waals surface area contributed by atoms with Gasteiger partial charge in [0.25, 0.3) is 0 Å². The number of amides is 1. The molecule has 1 aromatic heterocycles. The quantitative estimate of drug-likeness (QED) is 0.777. The van der Waals surface area contributed by atoms with Gasteiger partial charge >= 0.3 is 0 Å². The average Bonchev–Trinajstić information content (AvgIpc) is 3.00. The Morgan fingerprint density at radius 3 is 2.96 bits per heavy atom. The molecule has 2 fully saturated rings. The molecule has 3 rings (SSSR count). The fraction of sp³-hybridized carbons (Fsp3) is 0.562. The molecule has 2 atom stereocenters. The predicted molar refractivity (Wildman–Crippen MR) is 85.0 cm³/mol. The lowest BCUT2D eigenvalue weighted by Crippen LogP contribution is -2.53. The first-order valence-electron chi connectivity index (χ1n) is 7.75. The average molecular weight is 315 g/mol. The van der Waals surface area contributed by atoms with Crippen LogP contribution in [-0.4, -0.2) is 79.7 Å². The highest BCUT2D eigenvalue weighted by atomic mass is 16.5. The molecule has 0 unspecified atom stereocenters. The van der Waals surface area contributed by atoms with E-state index < -0.39 is 0 Å². The van der Waals surface area contributed by atoms with Crippen LogP contribution in [0, 0.1) is 11.3 Å². The second kappa shape index (κ2) is 6.52. The van der Waals surface area contributed by atoms with Crippen molar-refractivity contribution in [2.24, 2.45) is 0 Å². The van der Waals surface area contributed by atoms with Crippen LogP contribution in [0.3, 0.4) is 0 Å². The number of morpholine rings is 1. The molecule has 0 saturated carbocycles. The summed E-state index contributed by atoms with van der Waals surface area (Å²) in [5.41, 5.74) is 0.555. The Morgan fingerprint density at radius 2 is 2.30 bits per heavy atom. The van der Waals surface area contributed by atoms with E-state index in [9.17, 15) is 4.79 Å². The topological polar surface area (TPSA) is 72.7 Å². The molecule has 7 heteroatoms. The molecular formula is C16H21N5O2. The summed E-state index contributed by atoms with van der Waals surface area (Å²) in [6.45, 7) is 3.39. The van der Waals surface area contributed by atoms with E-state index in [4.69, 9.17) is 10.00 Å². The fourth-order valence-corrected chi connectivity index (χ4v) is 3.10. The Labute approximate surface area is 136 Å². The van der Waals surface area contributed by atoms with E-state index in [0.717, 1.165) is 25.5 Å². The van der Waals surface area contributed by atoms with Gasteiger partial charge in [0.15, 0.2) is 0 Å². The van der Waals surface area contributed by atoms with Gasteiger partial charge in [0.05, 0.1) is 30.9 Å². The number of fused-ring (bicyclic) bond motifs is 1. The van der Waals surface area contributed by atoms with Crippen LogP contribution in [0.2, 0.25) is 0 Å². The lowest BCUT2D eigenvalue weighted by atomic mass is 10.1. The van der Waals surface area contributed by atoms with Crippen LogP contribution in [-0.2, 0) is 9.53 Å². The van der Waals surface area contributed by atoms with Crippen LogP contribution < -0.4 is 4.90 Å². The van der Waals surface area contributed by atoms with Crippen molar-refractivity contribution < 1.29 is 9.53 Å². The number of hydrogen-bond acceptors (Lipinski definition) is 6. The lowest BCUT2D eigenvalue weighted by Gasteiger charge is -2.36. The molecule has 0 N–H and O–H groups in total. The van der Waals surface area contributed by atoms with E-state index in [1.54, 1.807) is 31.3 Å². The van der Waals surface area contributed by atoms with Gasteiger partial charge in [-0.1, -0.05) is 0 Å². The Balaban J connectivity index is 1.70. The fourth-order valence-electron chi connectivity index (χ4n) is 3.10. The van der Waals surface area contributed by atoms with Gasteiger partial charge in [-0.05, 0) is 12.1 Å². The van der Waals surface area contributed by atoms with Crippen molar-refractivity contribution in [3.05, 3.63) is 23.9 Å². The molecule has 3 heterocycles. The molecule has 2 aliphatic heterocycles. The van der Waals surface area contributed by atoms with Gasteiger partial charge in [0.1, 0.15) is 11.9 Å². The number of anilines is 1. The van der Waals surface area contributed by atoms with Crippen LogP contribution >= 0.6 is 0 Å². The van der Waals surface area contributed by atoms with Crippen LogP contribution in [0.4, 0.5) is 5.82 Å². The van der Waals surface area contributed by atoms with Gasteiger partial charge in [-0.2, -0.15) is 5.26 Å². The highest BCUT2D eigenvalue weighted by molar-refractivity contribution is 5.77. The van der Waals surface area contributed by atoms with Crippen molar-refractivity contribution in [1.29, 1.82) is 5.26 Å². The summed E-state index contributed by atoms with van der Waals surface area (Å²) in [6, 6.07) is 5.92. The third-order valence-electron chi connectivity index (χ3n) is 4.45. The molecule has 7 nitrogen and oxygen atoms in total. The van der Waals surface area contributed by atoms with Crippen molar-refractivity contribution in [3.63, 3.8) is 0 Å². The van der Waals surface area contributed by atoms with Gasteiger partial charge in [-0.15, -0.1) is 0 Å². The molecule has 2 aliphatic rings. The third-order valence-corrected chi connectivity index (χ3v) is 4.45. The van der Waals surface area contributed by atoms with Crippen molar-refractivity contribution in [2.45, 2.75) is 12.1 Å². The first-order chi connectivity index (χ1) is 11.1. The van der Waals surface area contributed by atoms with Gasteiger partial charge in [0.2, 0.25) is 5.91 Å². The maximum Gasteiger partial charge on any atom is 0.236 e. The monoisotopic (exact) mass is 315 g/mol. The number of pyridine rings is 1. The molecule has 0 spiro atoms. The maximum atomic E-state index is 12.0. The van der Waals surface area contributed by atoms with Gasteiger partial charge in [-0.3, -0.25) is 9.69 Å². The van der Waals surface area contributed by atoms with E-state index in [2.05, 4.69) is 20.9 Å². The molecule has 1 aromatic rings. The normalized spacial score (nSPS) is 24.1. The van der Waals surface area contributed by atoms with E-state index in [-0.39, 0.29) is 18.1 Å². The first-order valence-corrected chi connectivity index (χ1v) is 7.75. The van der Waals surface area contributed by atoms with Crippen LogP contribution in [0.5, 0.6) is 0 Å². The van der Waals surface area contributed by atoms with Crippen LogP contribution in [0.15, 0.2) is 18.3 Å². The summed E-state index contributed by atoms with van der Waals surface area (Å²) in [4.78, 5) is 22.4. The summed E-state index contributed by atoms with van der Waals surface area (Å²) >= 11 is 0. The van der Waals surface area contributed by atoms with E-state index in [1.165, 1.54) is 0 Å². The number of rotatable bonds is 3. The minimum Gasteiger partial charge on any atom is -0.373 e. The predicted octanol–water partition coefficient (Wildman–Crippen LogP) is -0.0691. The molecule has 122 valence electrons. The van der Waals surface area contributed by atoms with Gasteiger partial charge < -0.3 is 14.5 Å². The van der Waals surface area contributed by atoms with Gasteiger partial charge in [-0.25, -0.2) is 4.98 Å². The minimum atomic E-state index is 0.0937.